The third kappa shape index (κ3) is 4.03. The van der Waals surface area contributed by atoms with E-state index >= 15 is 0 Å². The van der Waals surface area contributed by atoms with E-state index in [1.807, 2.05) is 12.1 Å². The van der Waals surface area contributed by atoms with Crippen LogP contribution < -0.4 is 10.6 Å². The molecule has 2 saturated heterocycles. The number of anilines is 1. The van der Waals surface area contributed by atoms with Gasteiger partial charge in [-0.1, -0.05) is 12.1 Å². The molecule has 2 N–H and O–H groups in total. The molecule has 1 aromatic rings. The van der Waals surface area contributed by atoms with Crippen LogP contribution in [0.3, 0.4) is 0 Å². The summed E-state index contributed by atoms with van der Waals surface area (Å²) in [6.07, 6.45) is 2.01. The molecule has 0 unspecified atom stereocenters. The Morgan fingerprint density at radius 1 is 1.29 bits per heavy atom. The second-order valence-corrected chi connectivity index (χ2v) is 5.72. The molecule has 5 heteroatoms. The fourth-order valence-electron chi connectivity index (χ4n) is 2.85. The molecule has 0 aromatic heterocycles. The average Bonchev–Trinajstić information content (AvgIpc) is 3.05. The number of nitrogens with zero attached hydrogens (tertiary/aromatic N) is 1. The monoisotopic (exact) mass is 289 g/mol. The summed E-state index contributed by atoms with van der Waals surface area (Å²) in [5.41, 5.74) is 2.15. The van der Waals surface area contributed by atoms with E-state index in [4.69, 9.17) is 4.74 Å². The van der Waals surface area contributed by atoms with Gasteiger partial charge in [-0.25, -0.2) is 0 Å². The number of nitrogens with one attached hydrogen (secondary N) is 2. The first-order chi connectivity index (χ1) is 10.3. The zero-order valence-electron chi connectivity index (χ0n) is 12.3. The Labute approximate surface area is 125 Å². The first kappa shape index (κ1) is 14.5. The van der Waals surface area contributed by atoms with Gasteiger partial charge in [0.15, 0.2) is 0 Å². The van der Waals surface area contributed by atoms with Gasteiger partial charge in [0.1, 0.15) is 0 Å². The minimum atomic E-state index is -0.0296. The highest BCUT2D eigenvalue weighted by Crippen LogP contribution is 2.14. The molecule has 5 nitrogen and oxygen atoms in total. The van der Waals surface area contributed by atoms with Crippen LogP contribution in [-0.4, -0.2) is 49.7 Å². The van der Waals surface area contributed by atoms with E-state index in [9.17, 15) is 4.79 Å². The highest BCUT2D eigenvalue weighted by atomic mass is 16.5. The van der Waals surface area contributed by atoms with Crippen LogP contribution in [0.2, 0.25) is 0 Å². The molecule has 2 aliphatic rings. The van der Waals surface area contributed by atoms with Crippen molar-refractivity contribution in [2.45, 2.75) is 25.4 Å². The van der Waals surface area contributed by atoms with Crippen molar-refractivity contribution in [3.8, 4) is 0 Å². The van der Waals surface area contributed by atoms with E-state index in [1.54, 1.807) is 0 Å². The number of hydrogen-bond acceptors (Lipinski definition) is 4. The zero-order valence-corrected chi connectivity index (χ0v) is 12.3. The Hall–Kier alpha value is -1.43. The van der Waals surface area contributed by atoms with Crippen LogP contribution in [0.15, 0.2) is 24.3 Å². The summed E-state index contributed by atoms with van der Waals surface area (Å²) >= 11 is 0. The number of morpholine rings is 1. The topological polar surface area (TPSA) is 53.6 Å². The van der Waals surface area contributed by atoms with Crippen molar-refractivity contribution < 1.29 is 9.53 Å². The summed E-state index contributed by atoms with van der Waals surface area (Å²) in [5, 5.41) is 6.19. The van der Waals surface area contributed by atoms with Gasteiger partial charge >= 0.3 is 0 Å². The van der Waals surface area contributed by atoms with Gasteiger partial charge in [-0.2, -0.15) is 0 Å². The summed E-state index contributed by atoms with van der Waals surface area (Å²) in [5.74, 6) is 0.0772. The number of ether oxygens (including phenoxy) is 1. The first-order valence-electron chi connectivity index (χ1n) is 7.74. The molecule has 2 aliphatic heterocycles. The lowest BCUT2D eigenvalue weighted by Gasteiger charge is -2.26. The molecule has 0 bridgehead atoms. The van der Waals surface area contributed by atoms with Crippen LogP contribution in [-0.2, 0) is 16.1 Å². The minimum absolute atomic E-state index is 0.0296. The van der Waals surface area contributed by atoms with Crippen LogP contribution in [0.4, 0.5) is 5.69 Å². The van der Waals surface area contributed by atoms with Gasteiger partial charge in [-0.3, -0.25) is 9.69 Å². The largest absolute Gasteiger partial charge is 0.379 e. The van der Waals surface area contributed by atoms with Gasteiger partial charge in [0.2, 0.25) is 5.91 Å². The fourth-order valence-corrected chi connectivity index (χ4v) is 2.85. The van der Waals surface area contributed by atoms with E-state index in [2.05, 4.69) is 27.7 Å². The number of benzene rings is 1. The predicted octanol–water partition coefficient (Wildman–Crippen LogP) is 1.21. The zero-order chi connectivity index (χ0) is 14.5. The lowest BCUT2D eigenvalue weighted by atomic mass is 10.1. The van der Waals surface area contributed by atoms with Crippen molar-refractivity contribution in [2.24, 2.45) is 0 Å². The van der Waals surface area contributed by atoms with Crippen LogP contribution in [0.1, 0.15) is 18.4 Å². The molecular weight excluding hydrogens is 266 g/mol. The number of carbonyl (C=O) groups excluding carboxylic acids is 1. The Morgan fingerprint density at radius 3 is 2.71 bits per heavy atom. The lowest BCUT2D eigenvalue weighted by Crippen LogP contribution is -2.36. The third-order valence-corrected chi connectivity index (χ3v) is 4.11. The maximum Gasteiger partial charge on any atom is 0.241 e. The molecule has 2 fully saturated rings. The average molecular weight is 289 g/mol. The molecule has 0 aliphatic carbocycles. The quantitative estimate of drug-likeness (QED) is 0.875. The van der Waals surface area contributed by atoms with Crippen molar-refractivity contribution >= 4 is 11.6 Å². The molecule has 0 radical (unpaired) electrons. The van der Waals surface area contributed by atoms with Gasteiger partial charge in [0, 0.05) is 25.3 Å². The van der Waals surface area contributed by atoms with Gasteiger partial charge in [-0.15, -0.1) is 0 Å². The highest BCUT2D eigenvalue weighted by molar-refractivity contribution is 5.95. The first-order valence-corrected chi connectivity index (χ1v) is 7.74. The number of amides is 1. The molecular formula is C16H23N3O2. The minimum Gasteiger partial charge on any atom is -0.379 e. The van der Waals surface area contributed by atoms with E-state index in [0.29, 0.717) is 0 Å². The van der Waals surface area contributed by atoms with E-state index in [0.717, 1.165) is 57.9 Å². The second kappa shape index (κ2) is 7.02. The maximum atomic E-state index is 12.0. The standard InChI is InChI=1S/C16H23N3O2/c20-16(15-2-1-7-17-15)18-14-5-3-13(4-6-14)12-19-8-10-21-11-9-19/h3-6,15,17H,1-2,7-12H2,(H,18,20)/t15-/m1/s1. The Balaban J connectivity index is 1.52. The molecule has 21 heavy (non-hydrogen) atoms. The van der Waals surface area contributed by atoms with Gasteiger partial charge < -0.3 is 15.4 Å². The van der Waals surface area contributed by atoms with Gasteiger partial charge in [0.05, 0.1) is 19.3 Å². The summed E-state index contributed by atoms with van der Waals surface area (Å²) in [6, 6.07) is 8.13. The van der Waals surface area contributed by atoms with Crippen LogP contribution >= 0.6 is 0 Å². The van der Waals surface area contributed by atoms with E-state index < -0.39 is 0 Å². The third-order valence-electron chi connectivity index (χ3n) is 4.11. The number of hydrogen-bond donors (Lipinski definition) is 2. The lowest BCUT2D eigenvalue weighted by molar-refractivity contribution is -0.117. The summed E-state index contributed by atoms with van der Waals surface area (Å²) in [4.78, 5) is 14.4. The fraction of sp³-hybridized carbons (Fsp3) is 0.562. The molecule has 114 valence electrons. The van der Waals surface area contributed by atoms with Crippen LogP contribution in [0, 0.1) is 0 Å². The maximum absolute atomic E-state index is 12.0. The summed E-state index contributed by atoms with van der Waals surface area (Å²) in [6.45, 7) is 5.51. The molecule has 2 heterocycles. The molecule has 1 atom stereocenters. The second-order valence-electron chi connectivity index (χ2n) is 5.72. The SMILES string of the molecule is O=C(Nc1ccc(CN2CCOCC2)cc1)[C@H]1CCCN1. The van der Waals surface area contributed by atoms with Gasteiger partial charge in [0.25, 0.3) is 0 Å². The summed E-state index contributed by atoms with van der Waals surface area (Å²) in [7, 11) is 0. The Kier molecular flexibility index (Phi) is 4.85. The van der Waals surface area contributed by atoms with Gasteiger partial charge in [-0.05, 0) is 37.1 Å². The van der Waals surface area contributed by atoms with E-state index in [1.165, 1.54) is 5.56 Å². The Bertz CT molecular complexity index is 463. The highest BCUT2D eigenvalue weighted by Gasteiger charge is 2.21. The van der Waals surface area contributed by atoms with E-state index in [-0.39, 0.29) is 11.9 Å². The van der Waals surface area contributed by atoms with Crippen molar-refractivity contribution in [1.29, 1.82) is 0 Å². The molecule has 3 rings (SSSR count). The number of rotatable bonds is 4. The normalized spacial score (nSPS) is 23.1. The summed E-state index contributed by atoms with van der Waals surface area (Å²) < 4.78 is 5.35. The predicted molar refractivity (Wildman–Crippen MR) is 82.2 cm³/mol. The van der Waals surface area contributed by atoms with Crippen molar-refractivity contribution in [3.05, 3.63) is 29.8 Å². The van der Waals surface area contributed by atoms with Crippen LogP contribution in [0.5, 0.6) is 0 Å². The van der Waals surface area contributed by atoms with Crippen molar-refractivity contribution in [1.82, 2.24) is 10.2 Å². The van der Waals surface area contributed by atoms with Crippen molar-refractivity contribution in [2.75, 3.05) is 38.2 Å². The molecule has 1 aromatic carbocycles. The smallest absolute Gasteiger partial charge is 0.241 e. The molecule has 1 amide bonds. The number of carbonyl (C=O) groups is 1. The molecule has 0 saturated carbocycles. The van der Waals surface area contributed by atoms with Crippen LogP contribution in [0.25, 0.3) is 0 Å². The van der Waals surface area contributed by atoms with Crippen molar-refractivity contribution in [3.63, 3.8) is 0 Å². The molecule has 0 spiro atoms. The Morgan fingerprint density at radius 2 is 2.05 bits per heavy atom.